The monoisotopic (exact) mass is 488 g/mol. The number of piperidine rings is 1. The van der Waals surface area contributed by atoms with E-state index in [9.17, 15) is 8.78 Å². The van der Waals surface area contributed by atoms with Crippen LogP contribution in [-0.2, 0) is 6.54 Å². The van der Waals surface area contributed by atoms with Gasteiger partial charge in [0.15, 0.2) is 17.5 Å². The van der Waals surface area contributed by atoms with Crippen molar-refractivity contribution < 1.29 is 8.78 Å². The van der Waals surface area contributed by atoms with Crippen LogP contribution < -0.4 is 16.0 Å². The fourth-order valence-electron chi connectivity index (χ4n) is 4.68. The summed E-state index contributed by atoms with van der Waals surface area (Å²) in [5.74, 6) is -0.234. The van der Waals surface area contributed by atoms with Crippen LogP contribution in [-0.4, -0.2) is 44.1 Å². The molecule has 10 heteroatoms. The number of hydrogen-bond acceptors (Lipinski definition) is 8. The first-order chi connectivity index (χ1) is 17.6. The lowest BCUT2D eigenvalue weighted by atomic mass is 10.0. The molecular weight excluding hydrogens is 462 g/mol. The van der Waals surface area contributed by atoms with E-state index in [1.165, 1.54) is 5.56 Å². The van der Waals surface area contributed by atoms with Gasteiger partial charge in [0.05, 0.1) is 23.6 Å². The van der Waals surface area contributed by atoms with Gasteiger partial charge in [-0.3, -0.25) is 4.98 Å². The summed E-state index contributed by atoms with van der Waals surface area (Å²) in [5.41, 5.74) is 3.70. The van der Waals surface area contributed by atoms with Gasteiger partial charge in [0, 0.05) is 42.0 Å². The van der Waals surface area contributed by atoms with E-state index in [2.05, 4.69) is 30.9 Å². The number of nitrogens with one attached hydrogen (secondary N) is 3. The molecule has 4 aromatic heterocycles. The Labute approximate surface area is 207 Å². The number of aromatic nitrogens is 5. The molecule has 0 spiro atoms. The fraction of sp³-hybridized carbons (Fsp3) is 0.346. The molecule has 0 aromatic carbocycles. The minimum atomic E-state index is -0.797. The van der Waals surface area contributed by atoms with Crippen molar-refractivity contribution >= 4 is 22.5 Å². The Kier molecular flexibility index (Phi) is 6.20. The van der Waals surface area contributed by atoms with E-state index >= 15 is 0 Å². The highest BCUT2D eigenvalue weighted by molar-refractivity contribution is 5.86. The van der Waals surface area contributed by atoms with Crippen LogP contribution in [0.5, 0.6) is 0 Å². The van der Waals surface area contributed by atoms with E-state index in [1.807, 2.05) is 12.3 Å². The van der Waals surface area contributed by atoms with Crippen LogP contribution in [0.4, 0.5) is 20.4 Å². The van der Waals surface area contributed by atoms with E-state index in [1.54, 1.807) is 18.5 Å². The molecule has 0 amide bonds. The van der Waals surface area contributed by atoms with E-state index in [4.69, 9.17) is 9.97 Å². The third kappa shape index (κ3) is 4.87. The molecule has 1 aliphatic heterocycles. The number of fused-ring (bicyclic) bond motifs is 1. The molecule has 0 radical (unpaired) electrons. The minimum Gasteiger partial charge on any atom is -0.322 e. The SMILES string of the molecule is Fc1cnc(Nc2cc(-c3nc(CNC4CCNCC4)c4c(C5CC5)cncc4n3)ccn2)c(F)c1. The standard InChI is InChI=1S/C26H26F2N8/c27-17-10-20(28)26(33-11-17)36-23-9-16(3-8-31-23)25-34-21-13-30-12-19(15-1-2-15)24(21)22(35-25)14-32-18-4-6-29-7-5-18/h3,8-13,15,18,29,32H,1-2,4-7,14H2,(H,31,33,36). The first-order valence-electron chi connectivity index (χ1n) is 12.3. The van der Waals surface area contributed by atoms with Gasteiger partial charge in [-0.25, -0.2) is 28.7 Å². The molecule has 1 saturated heterocycles. The van der Waals surface area contributed by atoms with Crippen LogP contribution in [0.2, 0.25) is 0 Å². The minimum absolute atomic E-state index is 0.106. The quantitative estimate of drug-likeness (QED) is 0.356. The van der Waals surface area contributed by atoms with Crippen molar-refractivity contribution in [3.8, 4) is 11.4 Å². The van der Waals surface area contributed by atoms with Crippen molar-refractivity contribution in [3.05, 3.63) is 65.9 Å². The molecule has 1 saturated carbocycles. The van der Waals surface area contributed by atoms with Gasteiger partial charge < -0.3 is 16.0 Å². The van der Waals surface area contributed by atoms with Gasteiger partial charge in [0.2, 0.25) is 0 Å². The summed E-state index contributed by atoms with van der Waals surface area (Å²) in [6, 6.07) is 4.76. The second kappa shape index (κ2) is 9.79. The zero-order chi connectivity index (χ0) is 24.5. The van der Waals surface area contributed by atoms with Crippen LogP contribution in [0.3, 0.4) is 0 Å². The van der Waals surface area contributed by atoms with E-state index in [0.717, 1.165) is 73.2 Å². The van der Waals surface area contributed by atoms with Crippen molar-refractivity contribution in [3.63, 3.8) is 0 Å². The first-order valence-corrected chi connectivity index (χ1v) is 12.3. The highest BCUT2D eigenvalue weighted by Crippen LogP contribution is 2.43. The molecular formula is C26H26F2N8. The average Bonchev–Trinajstić information content (AvgIpc) is 3.75. The summed E-state index contributed by atoms with van der Waals surface area (Å²) in [6.45, 7) is 2.67. The lowest BCUT2D eigenvalue weighted by molar-refractivity contribution is 0.385. The first kappa shape index (κ1) is 22.8. The Morgan fingerprint density at radius 2 is 1.83 bits per heavy atom. The Hall–Kier alpha value is -3.63. The van der Waals surface area contributed by atoms with Gasteiger partial charge in [-0.2, -0.15) is 0 Å². The second-order valence-corrected chi connectivity index (χ2v) is 9.33. The van der Waals surface area contributed by atoms with Gasteiger partial charge in [0.25, 0.3) is 0 Å². The van der Waals surface area contributed by atoms with Gasteiger partial charge in [-0.05, 0) is 62.4 Å². The summed E-state index contributed by atoms with van der Waals surface area (Å²) < 4.78 is 27.3. The summed E-state index contributed by atoms with van der Waals surface area (Å²) in [6.07, 6.45) is 10.8. The molecule has 5 heterocycles. The zero-order valence-corrected chi connectivity index (χ0v) is 19.6. The Bertz CT molecular complexity index is 1400. The van der Waals surface area contributed by atoms with Crippen molar-refractivity contribution in [2.75, 3.05) is 18.4 Å². The summed E-state index contributed by atoms with van der Waals surface area (Å²) in [4.78, 5) is 22.3. The molecule has 0 bridgehead atoms. The van der Waals surface area contributed by atoms with Gasteiger partial charge in [0.1, 0.15) is 11.6 Å². The van der Waals surface area contributed by atoms with Gasteiger partial charge >= 0.3 is 0 Å². The molecule has 6 rings (SSSR count). The number of hydrogen-bond donors (Lipinski definition) is 3. The molecule has 184 valence electrons. The largest absolute Gasteiger partial charge is 0.322 e. The topological polar surface area (TPSA) is 101 Å². The number of pyridine rings is 3. The van der Waals surface area contributed by atoms with Crippen LogP contribution in [0.15, 0.2) is 43.0 Å². The summed E-state index contributed by atoms with van der Waals surface area (Å²) in [5, 5.41) is 11.0. The maximum absolute atomic E-state index is 14.1. The van der Waals surface area contributed by atoms with Crippen molar-refractivity contribution in [1.29, 1.82) is 0 Å². The third-order valence-electron chi connectivity index (χ3n) is 6.70. The molecule has 1 aliphatic carbocycles. The number of nitrogens with zero attached hydrogens (tertiary/aromatic N) is 5. The van der Waals surface area contributed by atoms with Gasteiger partial charge in [-0.15, -0.1) is 0 Å². The second-order valence-electron chi connectivity index (χ2n) is 9.33. The van der Waals surface area contributed by atoms with Gasteiger partial charge in [-0.1, -0.05) is 0 Å². The molecule has 0 atom stereocenters. The molecule has 3 N–H and O–H groups in total. The summed E-state index contributed by atoms with van der Waals surface area (Å²) in [7, 11) is 0. The normalized spacial score (nSPS) is 16.4. The number of halogens is 2. The average molecular weight is 489 g/mol. The molecule has 0 unspecified atom stereocenters. The lowest BCUT2D eigenvalue weighted by Gasteiger charge is -2.24. The number of anilines is 2. The summed E-state index contributed by atoms with van der Waals surface area (Å²) >= 11 is 0. The van der Waals surface area contributed by atoms with Crippen LogP contribution in [0.25, 0.3) is 22.3 Å². The van der Waals surface area contributed by atoms with Crippen molar-refractivity contribution in [2.24, 2.45) is 0 Å². The van der Waals surface area contributed by atoms with Crippen molar-refractivity contribution in [2.45, 2.75) is 44.2 Å². The highest BCUT2D eigenvalue weighted by atomic mass is 19.1. The van der Waals surface area contributed by atoms with E-state index in [0.29, 0.717) is 30.1 Å². The van der Waals surface area contributed by atoms with E-state index < -0.39 is 11.6 Å². The fourth-order valence-corrected chi connectivity index (χ4v) is 4.68. The number of rotatable bonds is 7. The smallest absolute Gasteiger partial charge is 0.168 e. The maximum Gasteiger partial charge on any atom is 0.168 e. The predicted octanol–water partition coefficient (Wildman–Crippen LogP) is 4.22. The molecule has 36 heavy (non-hydrogen) atoms. The lowest BCUT2D eigenvalue weighted by Crippen LogP contribution is -2.39. The Morgan fingerprint density at radius 3 is 2.64 bits per heavy atom. The molecule has 2 aliphatic rings. The van der Waals surface area contributed by atoms with E-state index in [-0.39, 0.29) is 5.82 Å². The zero-order valence-electron chi connectivity index (χ0n) is 19.6. The van der Waals surface area contributed by atoms with Crippen molar-refractivity contribution in [1.82, 2.24) is 35.6 Å². The highest BCUT2D eigenvalue weighted by Gasteiger charge is 2.28. The Balaban J connectivity index is 1.35. The van der Waals surface area contributed by atoms with Crippen LogP contribution in [0, 0.1) is 11.6 Å². The Morgan fingerprint density at radius 1 is 0.972 bits per heavy atom. The molecule has 4 aromatic rings. The van der Waals surface area contributed by atoms with Crippen LogP contribution >= 0.6 is 0 Å². The predicted molar refractivity (Wildman–Crippen MR) is 133 cm³/mol. The van der Waals surface area contributed by atoms with Crippen LogP contribution in [0.1, 0.15) is 42.9 Å². The third-order valence-corrected chi connectivity index (χ3v) is 6.70. The molecule has 2 fully saturated rings. The molecule has 8 nitrogen and oxygen atoms in total. The maximum atomic E-state index is 14.1.